The summed E-state index contributed by atoms with van der Waals surface area (Å²) in [5, 5.41) is 7.07. The Morgan fingerprint density at radius 2 is 1.76 bits per heavy atom. The van der Waals surface area contributed by atoms with E-state index in [1.807, 2.05) is 6.92 Å². The fourth-order valence-electron chi connectivity index (χ4n) is 2.79. The van der Waals surface area contributed by atoms with Crippen LogP contribution in [0.2, 0.25) is 0 Å². The van der Waals surface area contributed by atoms with Crippen LogP contribution >= 0.6 is 0 Å². The molecular weight excluding hydrogens is 392 g/mol. The number of aromatic amines is 1. The summed E-state index contributed by atoms with van der Waals surface area (Å²) in [6, 6.07) is 12.7. The first kappa shape index (κ1) is 20.8. The van der Waals surface area contributed by atoms with Gasteiger partial charge in [0.2, 0.25) is 10.0 Å². The summed E-state index contributed by atoms with van der Waals surface area (Å²) in [6.45, 7) is 2.22. The van der Waals surface area contributed by atoms with E-state index in [4.69, 9.17) is 9.47 Å². The molecule has 2 N–H and O–H groups in total. The lowest BCUT2D eigenvalue weighted by Crippen LogP contribution is -2.26. The molecule has 1 aromatic heterocycles. The van der Waals surface area contributed by atoms with E-state index < -0.39 is 10.0 Å². The van der Waals surface area contributed by atoms with Crippen molar-refractivity contribution in [3.05, 3.63) is 65.2 Å². The highest BCUT2D eigenvalue weighted by atomic mass is 32.2. The van der Waals surface area contributed by atoms with Crippen molar-refractivity contribution in [3.8, 4) is 11.5 Å². The van der Waals surface area contributed by atoms with Gasteiger partial charge in [-0.3, -0.25) is 5.10 Å². The molecule has 0 saturated carbocycles. The zero-order chi connectivity index (χ0) is 20.9. The summed E-state index contributed by atoms with van der Waals surface area (Å²) >= 11 is 0. The zero-order valence-electron chi connectivity index (χ0n) is 16.6. The SMILES string of the molecule is COc1ccc(S(=O)(=O)NCCc2n[nH]c(Cc3ccc(C)cc3)n2)cc1OC. The molecule has 0 aliphatic carbocycles. The Kier molecular flexibility index (Phi) is 6.50. The summed E-state index contributed by atoms with van der Waals surface area (Å²) < 4.78 is 37.9. The van der Waals surface area contributed by atoms with Crippen LogP contribution in [0.4, 0.5) is 0 Å². The Balaban J connectivity index is 1.58. The van der Waals surface area contributed by atoms with E-state index in [9.17, 15) is 8.42 Å². The summed E-state index contributed by atoms with van der Waals surface area (Å²) in [5.41, 5.74) is 2.33. The number of rotatable bonds is 9. The second-order valence-electron chi connectivity index (χ2n) is 6.53. The monoisotopic (exact) mass is 416 g/mol. The van der Waals surface area contributed by atoms with Crippen molar-refractivity contribution < 1.29 is 17.9 Å². The normalized spacial score (nSPS) is 11.4. The van der Waals surface area contributed by atoms with Crippen molar-refractivity contribution in [1.29, 1.82) is 0 Å². The van der Waals surface area contributed by atoms with Gasteiger partial charge in [0.05, 0.1) is 19.1 Å². The van der Waals surface area contributed by atoms with Gasteiger partial charge in [-0.2, -0.15) is 5.10 Å². The quantitative estimate of drug-likeness (QED) is 0.554. The second kappa shape index (κ2) is 9.06. The molecule has 0 aliphatic rings. The van der Waals surface area contributed by atoms with Gasteiger partial charge < -0.3 is 9.47 Å². The Hall–Kier alpha value is -2.91. The van der Waals surface area contributed by atoms with Crippen molar-refractivity contribution >= 4 is 10.0 Å². The van der Waals surface area contributed by atoms with Gasteiger partial charge in [0.15, 0.2) is 17.3 Å². The van der Waals surface area contributed by atoms with Gasteiger partial charge in [0.25, 0.3) is 0 Å². The second-order valence-corrected chi connectivity index (χ2v) is 8.29. The highest BCUT2D eigenvalue weighted by Crippen LogP contribution is 2.29. The van der Waals surface area contributed by atoms with Crippen molar-refractivity contribution in [2.24, 2.45) is 0 Å². The minimum absolute atomic E-state index is 0.102. The lowest BCUT2D eigenvalue weighted by molar-refractivity contribution is 0.354. The highest BCUT2D eigenvalue weighted by Gasteiger charge is 2.17. The van der Waals surface area contributed by atoms with Crippen LogP contribution in [0.15, 0.2) is 47.4 Å². The Labute approximate surface area is 170 Å². The standard InChI is InChI=1S/C20H24N4O4S/c1-14-4-6-15(7-5-14)12-20-22-19(23-24-20)10-11-21-29(25,26)16-8-9-17(27-2)18(13-16)28-3/h4-9,13,21H,10-12H2,1-3H3,(H,22,23,24). The van der Waals surface area contributed by atoms with Crippen LogP contribution in [0, 0.1) is 6.92 Å². The Morgan fingerprint density at radius 1 is 1.03 bits per heavy atom. The first-order chi connectivity index (χ1) is 13.9. The number of aryl methyl sites for hydroxylation is 1. The van der Waals surface area contributed by atoms with Crippen LogP contribution in [0.1, 0.15) is 22.8 Å². The molecule has 3 rings (SSSR count). The largest absolute Gasteiger partial charge is 0.493 e. The molecule has 9 heteroatoms. The summed E-state index contributed by atoms with van der Waals surface area (Å²) in [7, 11) is -0.733. The lowest BCUT2D eigenvalue weighted by atomic mass is 10.1. The lowest BCUT2D eigenvalue weighted by Gasteiger charge is -2.10. The summed E-state index contributed by atoms with van der Waals surface area (Å²) in [4.78, 5) is 4.53. The number of methoxy groups -OCH3 is 2. The highest BCUT2D eigenvalue weighted by molar-refractivity contribution is 7.89. The smallest absolute Gasteiger partial charge is 0.240 e. The number of hydrogen-bond donors (Lipinski definition) is 2. The molecule has 2 aromatic carbocycles. The molecule has 0 spiro atoms. The van der Waals surface area contributed by atoms with Crippen molar-refractivity contribution in [1.82, 2.24) is 19.9 Å². The molecule has 0 bridgehead atoms. The molecular formula is C20H24N4O4S. The number of aromatic nitrogens is 3. The van der Waals surface area contributed by atoms with Crippen LogP contribution in [-0.2, 0) is 22.9 Å². The number of sulfonamides is 1. The van der Waals surface area contributed by atoms with E-state index in [0.717, 1.165) is 11.4 Å². The third-order valence-electron chi connectivity index (χ3n) is 4.38. The molecule has 8 nitrogen and oxygen atoms in total. The van der Waals surface area contributed by atoms with Crippen molar-refractivity contribution in [2.75, 3.05) is 20.8 Å². The maximum Gasteiger partial charge on any atom is 0.240 e. The van der Waals surface area contributed by atoms with E-state index in [1.165, 1.54) is 31.9 Å². The maximum absolute atomic E-state index is 12.5. The molecule has 154 valence electrons. The molecule has 0 unspecified atom stereocenters. The molecule has 0 aliphatic heterocycles. The fourth-order valence-corrected chi connectivity index (χ4v) is 3.84. The minimum Gasteiger partial charge on any atom is -0.493 e. The van der Waals surface area contributed by atoms with E-state index in [-0.39, 0.29) is 11.4 Å². The van der Waals surface area contributed by atoms with Crippen LogP contribution in [0.3, 0.4) is 0 Å². The molecule has 0 fully saturated rings. The van der Waals surface area contributed by atoms with Gasteiger partial charge >= 0.3 is 0 Å². The van der Waals surface area contributed by atoms with Crippen LogP contribution in [0.5, 0.6) is 11.5 Å². The molecule has 0 atom stereocenters. The van der Waals surface area contributed by atoms with Crippen LogP contribution < -0.4 is 14.2 Å². The first-order valence-electron chi connectivity index (χ1n) is 9.08. The predicted octanol–water partition coefficient (Wildman–Crippen LogP) is 2.24. The van der Waals surface area contributed by atoms with Gasteiger partial charge in [-0.1, -0.05) is 29.8 Å². The number of nitrogens with one attached hydrogen (secondary N) is 2. The van der Waals surface area contributed by atoms with Gasteiger partial charge in [-0.15, -0.1) is 0 Å². The maximum atomic E-state index is 12.5. The first-order valence-corrected chi connectivity index (χ1v) is 10.6. The zero-order valence-corrected chi connectivity index (χ0v) is 17.4. The minimum atomic E-state index is -3.69. The molecule has 1 heterocycles. The molecule has 29 heavy (non-hydrogen) atoms. The molecule has 0 amide bonds. The average Bonchev–Trinajstić information content (AvgIpc) is 3.16. The van der Waals surface area contributed by atoms with E-state index in [1.54, 1.807) is 6.07 Å². The molecule has 3 aromatic rings. The number of nitrogens with zero attached hydrogens (tertiary/aromatic N) is 2. The van der Waals surface area contributed by atoms with E-state index in [2.05, 4.69) is 44.2 Å². The Bertz CT molecular complexity index is 1060. The number of benzene rings is 2. The van der Waals surface area contributed by atoms with Gasteiger partial charge in [0, 0.05) is 25.5 Å². The van der Waals surface area contributed by atoms with E-state index in [0.29, 0.717) is 30.2 Å². The van der Waals surface area contributed by atoms with Crippen LogP contribution in [0.25, 0.3) is 0 Å². The number of H-pyrrole nitrogens is 1. The van der Waals surface area contributed by atoms with Crippen molar-refractivity contribution in [2.45, 2.75) is 24.7 Å². The summed E-state index contributed by atoms with van der Waals surface area (Å²) in [6.07, 6.45) is 1.02. The van der Waals surface area contributed by atoms with Crippen LogP contribution in [-0.4, -0.2) is 44.4 Å². The third kappa shape index (κ3) is 5.33. The van der Waals surface area contributed by atoms with Gasteiger partial charge in [0.1, 0.15) is 5.82 Å². The van der Waals surface area contributed by atoms with Gasteiger partial charge in [-0.25, -0.2) is 18.1 Å². The molecule has 0 saturated heterocycles. The fraction of sp³-hybridized carbons (Fsp3) is 0.300. The number of ether oxygens (including phenoxy) is 2. The third-order valence-corrected chi connectivity index (χ3v) is 5.83. The number of hydrogen-bond acceptors (Lipinski definition) is 6. The van der Waals surface area contributed by atoms with E-state index >= 15 is 0 Å². The predicted molar refractivity (Wildman–Crippen MR) is 109 cm³/mol. The summed E-state index contributed by atoms with van der Waals surface area (Å²) in [5.74, 6) is 2.12. The average molecular weight is 417 g/mol. The van der Waals surface area contributed by atoms with Gasteiger partial charge in [-0.05, 0) is 24.6 Å². The topological polar surface area (TPSA) is 106 Å². The van der Waals surface area contributed by atoms with Crippen molar-refractivity contribution in [3.63, 3.8) is 0 Å². The Morgan fingerprint density at radius 3 is 2.45 bits per heavy atom. The molecule has 0 radical (unpaired) electrons.